The fraction of sp³-hybridized carbons (Fsp3) is 0.111. The fourth-order valence-corrected chi connectivity index (χ4v) is 1.31. The predicted octanol–water partition coefficient (Wildman–Crippen LogP) is 0.419. The Kier molecular flexibility index (Phi) is 1.55. The van der Waals surface area contributed by atoms with Gasteiger partial charge in [-0.25, -0.2) is 9.66 Å². The van der Waals surface area contributed by atoms with Crippen LogP contribution in [0.3, 0.4) is 0 Å². The zero-order valence-electron chi connectivity index (χ0n) is 7.19. The van der Waals surface area contributed by atoms with Crippen LogP contribution in [-0.2, 0) is 0 Å². The Hall–Kier alpha value is -1.84. The highest BCUT2D eigenvalue weighted by molar-refractivity contribution is 5.80. The number of benzene rings is 1. The summed E-state index contributed by atoms with van der Waals surface area (Å²) in [5.74, 6) is 5.38. The third-order valence-corrected chi connectivity index (χ3v) is 2.01. The molecular weight excluding hydrogens is 166 g/mol. The first-order valence-electron chi connectivity index (χ1n) is 3.92. The van der Waals surface area contributed by atoms with Gasteiger partial charge in [-0.05, 0) is 18.6 Å². The van der Waals surface area contributed by atoms with Crippen molar-refractivity contribution in [2.24, 2.45) is 0 Å². The number of rotatable bonds is 0. The van der Waals surface area contributed by atoms with E-state index in [1.807, 2.05) is 19.1 Å². The van der Waals surface area contributed by atoms with Crippen molar-refractivity contribution in [3.05, 3.63) is 40.4 Å². The number of aromatic nitrogens is 2. The molecule has 0 aliphatic carbocycles. The Labute approximate surface area is 74.6 Å². The quantitative estimate of drug-likeness (QED) is 0.590. The van der Waals surface area contributed by atoms with Crippen LogP contribution in [0.25, 0.3) is 10.9 Å². The van der Waals surface area contributed by atoms with E-state index in [1.165, 1.54) is 6.33 Å². The number of nitrogens with zero attached hydrogens (tertiary/aromatic N) is 2. The molecule has 4 heteroatoms. The molecule has 2 aromatic rings. The second-order valence-electron chi connectivity index (χ2n) is 2.93. The average molecular weight is 175 g/mol. The lowest BCUT2D eigenvalue weighted by Crippen LogP contribution is -2.27. The lowest BCUT2D eigenvalue weighted by molar-refractivity contribution is 0.912. The number of fused-ring (bicyclic) bond motifs is 1. The van der Waals surface area contributed by atoms with Gasteiger partial charge in [-0.15, -0.1) is 0 Å². The number of hydrogen-bond donors (Lipinski definition) is 1. The maximum absolute atomic E-state index is 11.5. The van der Waals surface area contributed by atoms with E-state index in [4.69, 9.17) is 5.84 Å². The Balaban J connectivity index is 3.03. The second-order valence-corrected chi connectivity index (χ2v) is 2.93. The van der Waals surface area contributed by atoms with Crippen molar-refractivity contribution in [2.75, 3.05) is 5.84 Å². The molecule has 4 nitrogen and oxygen atoms in total. The van der Waals surface area contributed by atoms with Crippen molar-refractivity contribution in [3.63, 3.8) is 0 Å². The molecule has 13 heavy (non-hydrogen) atoms. The largest absolute Gasteiger partial charge is 0.335 e. The van der Waals surface area contributed by atoms with Crippen LogP contribution in [-0.4, -0.2) is 9.66 Å². The molecule has 0 saturated carbocycles. The third-order valence-electron chi connectivity index (χ3n) is 2.01. The summed E-state index contributed by atoms with van der Waals surface area (Å²) in [6.07, 6.45) is 1.33. The number of nitrogen functional groups attached to an aromatic ring is 1. The van der Waals surface area contributed by atoms with E-state index in [9.17, 15) is 4.79 Å². The van der Waals surface area contributed by atoms with Crippen LogP contribution in [0.5, 0.6) is 0 Å². The van der Waals surface area contributed by atoms with E-state index >= 15 is 0 Å². The van der Waals surface area contributed by atoms with Crippen molar-refractivity contribution < 1.29 is 0 Å². The van der Waals surface area contributed by atoms with Crippen LogP contribution in [0.1, 0.15) is 5.56 Å². The molecule has 2 N–H and O–H groups in total. The highest BCUT2D eigenvalue weighted by Crippen LogP contribution is 2.10. The Morgan fingerprint density at radius 1 is 1.46 bits per heavy atom. The van der Waals surface area contributed by atoms with E-state index in [2.05, 4.69) is 4.98 Å². The van der Waals surface area contributed by atoms with Gasteiger partial charge in [0, 0.05) is 0 Å². The van der Waals surface area contributed by atoms with Gasteiger partial charge in [0.25, 0.3) is 5.56 Å². The summed E-state index contributed by atoms with van der Waals surface area (Å²) in [6.45, 7) is 1.91. The number of hydrogen-bond acceptors (Lipinski definition) is 3. The van der Waals surface area contributed by atoms with Crippen molar-refractivity contribution >= 4 is 10.9 Å². The lowest BCUT2D eigenvalue weighted by atomic mass is 10.1. The van der Waals surface area contributed by atoms with E-state index in [0.29, 0.717) is 10.9 Å². The molecule has 0 atom stereocenters. The van der Waals surface area contributed by atoms with Crippen LogP contribution in [0.2, 0.25) is 0 Å². The molecule has 0 bridgehead atoms. The van der Waals surface area contributed by atoms with E-state index in [0.717, 1.165) is 10.2 Å². The average Bonchev–Trinajstić information content (AvgIpc) is 2.12. The third kappa shape index (κ3) is 1.07. The molecule has 2 rings (SSSR count). The predicted molar refractivity (Wildman–Crippen MR) is 50.9 cm³/mol. The SMILES string of the molecule is Cc1cccc2c(=O)n(N)cnc12. The Bertz CT molecular complexity index is 516. The van der Waals surface area contributed by atoms with Gasteiger partial charge in [-0.3, -0.25) is 4.79 Å². The molecule has 0 radical (unpaired) electrons. The smallest absolute Gasteiger partial charge is 0.279 e. The van der Waals surface area contributed by atoms with Crippen LogP contribution in [0.15, 0.2) is 29.3 Å². The zero-order chi connectivity index (χ0) is 9.42. The summed E-state index contributed by atoms with van der Waals surface area (Å²) in [4.78, 5) is 15.6. The molecule has 0 aliphatic heterocycles. The molecule has 0 spiro atoms. The molecule has 0 aliphatic rings. The standard InChI is InChI=1S/C9H9N3O/c1-6-3-2-4-7-8(6)11-5-12(10)9(7)13/h2-5H,10H2,1H3. The number of nitrogens with two attached hydrogens (primary N) is 1. The topological polar surface area (TPSA) is 60.9 Å². The maximum atomic E-state index is 11.5. The van der Waals surface area contributed by atoms with Crippen LogP contribution in [0, 0.1) is 6.92 Å². The van der Waals surface area contributed by atoms with Gasteiger partial charge in [0.05, 0.1) is 10.9 Å². The molecular formula is C9H9N3O. The monoisotopic (exact) mass is 175 g/mol. The van der Waals surface area contributed by atoms with E-state index < -0.39 is 0 Å². The Morgan fingerprint density at radius 3 is 3.00 bits per heavy atom. The number of para-hydroxylation sites is 1. The van der Waals surface area contributed by atoms with E-state index in [1.54, 1.807) is 6.07 Å². The second kappa shape index (κ2) is 2.58. The molecule has 0 amide bonds. The van der Waals surface area contributed by atoms with Crippen molar-refractivity contribution in [2.45, 2.75) is 6.92 Å². The first kappa shape index (κ1) is 7.79. The molecule has 1 aromatic carbocycles. The summed E-state index contributed by atoms with van der Waals surface area (Å²) >= 11 is 0. The normalized spacial score (nSPS) is 10.5. The first-order valence-corrected chi connectivity index (χ1v) is 3.92. The molecule has 0 fully saturated rings. The minimum absolute atomic E-state index is 0.214. The molecule has 66 valence electrons. The van der Waals surface area contributed by atoms with Crippen LogP contribution in [0.4, 0.5) is 0 Å². The zero-order valence-corrected chi connectivity index (χ0v) is 7.19. The highest BCUT2D eigenvalue weighted by Gasteiger charge is 2.02. The fourth-order valence-electron chi connectivity index (χ4n) is 1.31. The van der Waals surface area contributed by atoms with Crippen molar-refractivity contribution in [1.82, 2.24) is 9.66 Å². The van der Waals surface area contributed by atoms with Crippen molar-refractivity contribution in [1.29, 1.82) is 0 Å². The van der Waals surface area contributed by atoms with Crippen LogP contribution < -0.4 is 11.4 Å². The van der Waals surface area contributed by atoms with Gasteiger partial charge in [-0.1, -0.05) is 12.1 Å². The van der Waals surface area contributed by atoms with Gasteiger partial charge in [0.1, 0.15) is 6.33 Å². The summed E-state index contributed by atoms with van der Waals surface area (Å²) < 4.78 is 0.988. The van der Waals surface area contributed by atoms with Gasteiger partial charge in [0.15, 0.2) is 0 Å². The number of aryl methyl sites for hydroxylation is 1. The summed E-state index contributed by atoms with van der Waals surface area (Å²) in [7, 11) is 0. The molecule has 1 heterocycles. The maximum Gasteiger partial charge on any atom is 0.279 e. The highest BCUT2D eigenvalue weighted by atomic mass is 16.1. The molecule has 0 unspecified atom stereocenters. The molecule has 1 aromatic heterocycles. The van der Waals surface area contributed by atoms with Gasteiger partial charge in [-0.2, -0.15) is 0 Å². The van der Waals surface area contributed by atoms with Gasteiger partial charge < -0.3 is 5.84 Å². The summed E-state index contributed by atoms with van der Waals surface area (Å²) in [6, 6.07) is 5.46. The first-order chi connectivity index (χ1) is 6.20. The van der Waals surface area contributed by atoms with Gasteiger partial charge in [0.2, 0.25) is 0 Å². The summed E-state index contributed by atoms with van der Waals surface area (Å²) in [5, 5.41) is 0.560. The molecule has 0 saturated heterocycles. The Morgan fingerprint density at radius 2 is 2.23 bits per heavy atom. The van der Waals surface area contributed by atoms with E-state index in [-0.39, 0.29) is 5.56 Å². The lowest BCUT2D eigenvalue weighted by Gasteiger charge is -2.01. The van der Waals surface area contributed by atoms with Crippen molar-refractivity contribution in [3.8, 4) is 0 Å². The van der Waals surface area contributed by atoms with Crippen LogP contribution >= 0.6 is 0 Å². The summed E-state index contributed by atoms with van der Waals surface area (Å²) in [5.41, 5.74) is 1.48. The minimum atomic E-state index is -0.214. The minimum Gasteiger partial charge on any atom is -0.335 e. The van der Waals surface area contributed by atoms with Gasteiger partial charge >= 0.3 is 0 Å².